The van der Waals surface area contributed by atoms with E-state index in [0.29, 0.717) is 11.7 Å². The number of halogens is 3. The Morgan fingerprint density at radius 3 is 2.38 bits per heavy atom. The van der Waals surface area contributed by atoms with Crippen LogP contribution < -0.4 is 10.6 Å². The highest BCUT2D eigenvalue weighted by atomic mass is 19.4. The van der Waals surface area contributed by atoms with Crippen molar-refractivity contribution in [3.05, 3.63) is 23.7 Å². The van der Waals surface area contributed by atoms with Gasteiger partial charge in [-0.25, -0.2) is 4.98 Å². The smallest absolute Gasteiger partial charge is 0.372 e. The zero-order valence-corrected chi connectivity index (χ0v) is 15.5. The molecule has 9 heteroatoms. The second-order valence-corrected chi connectivity index (χ2v) is 5.86. The molecule has 0 amide bonds. The maximum Gasteiger partial charge on any atom is 0.421 e. The Morgan fingerprint density at radius 2 is 1.81 bits per heavy atom. The molecule has 2 N–H and O–H groups in total. The first-order chi connectivity index (χ1) is 12.4. The zero-order chi connectivity index (χ0) is 19.3. The van der Waals surface area contributed by atoms with Crippen LogP contribution in [-0.4, -0.2) is 26.8 Å². The van der Waals surface area contributed by atoms with Crippen molar-refractivity contribution in [3.8, 4) is 0 Å². The number of alkyl halides is 3. The van der Waals surface area contributed by atoms with Crippen LogP contribution in [0.4, 0.5) is 30.6 Å². The van der Waals surface area contributed by atoms with Gasteiger partial charge < -0.3 is 10.6 Å². The molecule has 0 aromatic carbocycles. The van der Waals surface area contributed by atoms with Gasteiger partial charge in [0.15, 0.2) is 0 Å². The topological polar surface area (TPSA) is 67.7 Å². The maximum atomic E-state index is 12.9. The predicted molar refractivity (Wildman–Crippen MR) is 95.7 cm³/mol. The molecule has 0 bridgehead atoms. The first-order valence-electron chi connectivity index (χ1n) is 8.83. The molecule has 1 fully saturated rings. The lowest BCUT2D eigenvalue weighted by Crippen LogP contribution is -2.13. The third kappa shape index (κ3) is 4.25. The van der Waals surface area contributed by atoms with Gasteiger partial charge in [0, 0.05) is 13.2 Å². The summed E-state index contributed by atoms with van der Waals surface area (Å²) in [5, 5.41) is 9.81. The number of hydrogen-bond acceptors (Lipinski definition) is 5. The molecule has 1 aliphatic rings. The van der Waals surface area contributed by atoms with E-state index in [4.69, 9.17) is 0 Å². The van der Waals surface area contributed by atoms with Gasteiger partial charge in [-0.05, 0) is 19.8 Å². The normalized spacial score (nSPS) is 14.7. The third-order valence-corrected chi connectivity index (χ3v) is 4.29. The van der Waals surface area contributed by atoms with E-state index >= 15 is 0 Å². The van der Waals surface area contributed by atoms with Crippen LogP contribution in [-0.2, 0) is 6.18 Å². The van der Waals surface area contributed by atoms with Crippen molar-refractivity contribution >= 4 is 17.5 Å². The molecule has 6 nitrogen and oxygen atoms in total. The van der Waals surface area contributed by atoms with E-state index in [0.717, 1.165) is 24.7 Å². The van der Waals surface area contributed by atoms with Crippen LogP contribution in [0.2, 0.25) is 0 Å². The van der Waals surface area contributed by atoms with E-state index in [1.165, 1.54) is 19.9 Å². The summed E-state index contributed by atoms with van der Waals surface area (Å²) in [6.07, 6.45) is 2.53. The number of rotatable bonds is 4. The van der Waals surface area contributed by atoms with E-state index in [1.807, 2.05) is 25.5 Å². The van der Waals surface area contributed by atoms with E-state index < -0.39 is 11.7 Å². The highest BCUT2D eigenvalue weighted by Gasteiger charge is 2.35. The van der Waals surface area contributed by atoms with Gasteiger partial charge in [-0.1, -0.05) is 26.7 Å². The molecule has 144 valence electrons. The van der Waals surface area contributed by atoms with Crippen LogP contribution in [0.3, 0.4) is 0 Å². The fourth-order valence-corrected chi connectivity index (χ4v) is 3.02. The number of anilines is 3. The molecule has 0 saturated heterocycles. The lowest BCUT2D eigenvalue weighted by Gasteiger charge is -2.14. The molecule has 0 radical (unpaired) electrons. The van der Waals surface area contributed by atoms with Crippen molar-refractivity contribution < 1.29 is 13.2 Å². The Morgan fingerprint density at radius 1 is 1.15 bits per heavy atom. The van der Waals surface area contributed by atoms with Crippen molar-refractivity contribution in [2.45, 2.75) is 58.7 Å². The van der Waals surface area contributed by atoms with Gasteiger partial charge in [0.25, 0.3) is 0 Å². The molecule has 0 unspecified atom stereocenters. The Bertz CT molecular complexity index is 720. The van der Waals surface area contributed by atoms with Crippen LogP contribution in [0.15, 0.2) is 12.4 Å². The minimum Gasteiger partial charge on any atom is -0.372 e. The second-order valence-electron chi connectivity index (χ2n) is 5.86. The number of nitrogens with zero attached hydrogens (tertiary/aromatic N) is 4. The lowest BCUT2D eigenvalue weighted by molar-refractivity contribution is -0.137. The first-order valence-corrected chi connectivity index (χ1v) is 8.83. The summed E-state index contributed by atoms with van der Waals surface area (Å²) >= 11 is 0. The number of hydrogen-bond donors (Lipinski definition) is 2. The number of aromatic nitrogens is 4. The average molecular weight is 370 g/mol. The average Bonchev–Trinajstić information content (AvgIpc) is 3.26. The predicted octanol–water partition coefficient (Wildman–Crippen LogP) is 4.93. The van der Waals surface area contributed by atoms with Crippen molar-refractivity contribution in [1.82, 2.24) is 19.7 Å². The largest absolute Gasteiger partial charge is 0.421 e. The molecule has 2 heterocycles. The molecule has 3 rings (SSSR count). The van der Waals surface area contributed by atoms with Crippen LogP contribution >= 0.6 is 0 Å². The monoisotopic (exact) mass is 370 g/mol. The molecule has 1 saturated carbocycles. The Balaban J connectivity index is 0.00000117. The second kappa shape index (κ2) is 8.37. The third-order valence-electron chi connectivity index (χ3n) is 4.29. The summed E-state index contributed by atoms with van der Waals surface area (Å²) in [5.41, 5.74) is 0.731. The van der Waals surface area contributed by atoms with Gasteiger partial charge in [-0.2, -0.15) is 23.3 Å². The van der Waals surface area contributed by atoms with E-state index in [-0.39, 0.29) is 11.8 Å². The molecule has 26 heavy (non-hydrogen) atoms. The van der Waals surface area contributed by atoms with Gasteiger partial charge in [0.1, 0.15) is 11.4 Å². The van der Waals surface area contributed by atoms with Gasteiger partial charge in [-0.15, -0.1) is 0 Å². The molecule has 2 aromatic rings. The van der Waals surface area contributed by atoms with Crippen molar-refractivity contribution in [3.63, 3.8) is 0 Å². The summed E-state index contributed by atoms with van der Waals surface area (Å²) in [6, 6.07) is 0.391. The fraction of sp³-hybridized carbons (Fsp3) is 0.588. The maximum absolute atomic E-state index is 12.9. The van der Waals surface area contributed by atoms with Gasteiger partial charge in [-0.3, -0.25) is 4.68 Å². The summed E-state index contributed by atoms with van der Waals surface area (Å²) in [7, 11) is 1.39. The van der Waals surface area contributed by atoms with Gasteiger partial charge in [0.2, 0.25) is 5.95 Å². The Kier molecular flexibility index (Phi) is 6.44. The first kappa shape index (κ1) is 20.0. The van der Waals surface area contributed by atoms with Crippen LogP contribution in [0.1, 0.15) is 56.8 Å². The van der Waals surface area contributed by atoms with Crippen molar-refractivity contribution in [2.75, 3.05) is 17.7 Å². The summed E-state index contributed by atoms with van der Waals surface area (Å²) in [4.78, 5) is 7.69. The summed E-state index contributed by atoms with van der Waals surface area (Å²) < 4.78 is 40.6. The van der Waals surface area contributed by atoms with E-state index in [2.05, 4.69) is 25.7 Å². The van der Waals surface area contributed by atoms with Crippen molar-refractivity contribution in [2.24, 2.45) is 0 Å². The zero-order valence-electron chi connectivity index (χ0n) is 15.5. The van der Waals surface area contributed by atoms with E-state index in [1.54, 1.807) is 6.20 Å². The fourth-order valence-electron chi connectivity index (χ4n) is 3.02. The molecular formula is C17H25F3N6. The minimum absolute atomic E-state index is 0.0985. The molecule has 0 spiro atoms. The van der Waals surface area contributed by atoms with E-state index in [9.17, 15) is 13.2 Å². The highest BCUT2D eigenvalue weighted by Crippen LogP contribution is 2.35. The van der Waals surface area contributed by atoms with Gasteiger partial charge >= 0.3 is 6.18 Å². The molecule has 0 aliphatic heterocycles. The SMILES string of the molecule is CC.CNc1nc(Nc2cnn(C3CCCC3)c2C)ncc1C(F)(F)F. The molecule has 0 atom stereocenters. The van der Waals surface area contributed by atoms with Crippen LogP contribution in [0.5, 0.6) is 0 Å². The molecule has 1 aliphatic carbocycles. The van der Waals surface area contributed by atoms with Crippen molar-refractivity contribution in [1.29, 1.82) is 0 Å². The number of nitrogens with one attached hydrogen (secondary N) is 2. The van der Waals surface area contributed by atoms with Gasteiger partial charge in [0.05, 0.1) is 23.6 Å². The lowest BCUT2D eigenvalue weighted by atomic mass is 10.2. The Labute approximate surface area is 151 Å². The van der Waals surface area contributed by atoms with Crippen LogP contribution in [0.25, 0.3) is 0 Å². The molecule has 2 aromatic heterocycles. The minimum atomic E-state index is -4.50. The Hall–Kier alpha value is -2.32. The highest BCUT2D eigenvalue weighted by molar-refractivity contribution is 5.58. The quantitative estimate of drug-likeness (QED) is 0.799. The molecular weight excluding hydrogens is 345 g/mol. The summed E-state index contributed by atoms with van der Waals surface area (Å²) in [6.45, 7) is 5.93. The summed E-state index contributed by atoms with van der Waals surface area (Å²) in [5.74, 6) is -0.165. The standard InChI is InChI=1S/C15H19F3N6.C2H6/c1-9-12(8-21-24(9)10-5-3-4-6-10)22-14-20-7-11(15(16,17)18)13(19-2)23-14;1-2/h7-8,10H,3-6H2,1-2H3,(H2,19,20,22,23);1-2H3. The van der Waals surface area contributed by atoms with Crippen LogP contribution in [0, 0.1) is 6.92 Å².